The lowest BCUT2D eigenvalue weighted by Gasteiger charge is -2.29. The first kappa shape index (κ1) is 21.6. The fourth-order valence-corrected chi connectivity index (χ4v) is 6.44. The van der Waals surface area contributed by atoms with E-state index in [0.717, 1.165) is 0 Å². The van der Waals surface area contributed by atoms with Gasteiger partial charge in [0, 0.05) is 34.0 Å². The minimum atomic E-state index is 0.128. The Labute approximate surface area is 183 Å². The second-order valence-corrected chi connectivity index (χ2v) is 12.2. The second-order valence-electron chi connectivity index (χ2n) is 12.2. The van der Waals surface area contributed by atoms with Gasteiger partial charge in [-0.25, -0.2) is 0 Å². The van der Waals surface area contributed by atoms with Crippen molar-refractivity contribution in [2.24, 2.45) is 0 Å². The van der Waals surface area contributed by atoms with Gasteiger partial charge in [-0.2, -0.15) is 0 Å². The summed E-state index contributed by atoms with van der Waals surface area (Å²) in [5.74, 6) is 1.09. The zero-order valence-corrected chi connectivity index (χ0v) is 20.2. The highest BCUT2D eigenvalue weighted by Gasteiger charge is 2.45. The number of rotatable bonds is 3. The van der Waals surface area contributed by atoms with Gasteiger partial charge in [0.05, 0.1) is 0 Å². The fourth-order valence-electron chi connectivity index (χ4n) is 6.44. The van der Waals surface area contributed by atoms with Crippen LogP contribution in [0.15, 0.2) is 48.5 Å². The van der Waals surface area contributed by atoms with Crippen LogP contribution in [0, 0.1) is 0 Å². The van der Waals surface area contributed by atoms with E-state index < -0.39 is 0 Å². The van der Waals surface area contributed by atoms with Gasteiger partial charge in [0.1, 0.15) is 0 Å². The Morgan fingerprint density at radius 3 is 1.07 bits per heavy atom. The minimum Gasteiger partial charge on any atom is -0.306 e. The lowest BCUT2D eigenvalue weighted by atomic mass is 9.80. The molecule has 0 spiro atoms. The molecule has 2 N–H and O–H groups in total. The first-order chi connectivity index (χ1) is 13.8. The molecular formula is C28H40N2. The van der Waals surface area contributed by atoms with Gasteiger partial charge in [0.2, 0.25) is 0 Å². The van der Waals surface area contributed by atoms with E-state index in [0.29, 0.717) is 11.8 Å². The van der Waals surface area contributed by atoms with Gasteiger partial charge < -0.3 is 10.6 Å². The Morgan fingerprint density at radius 2 is 0.833 bits per heavy atom. The van der Waals surface area contributed by atoms with E-state index in [2.05, 4.69) is 115 Å². The van der Waals surface area contributed by atoms with Crippen LogP contribution in [0.1, 0.15) is 91.2 Å². The molecule has 162 valence electrons. The van der Waals surface area contributed by atoms with Crippen LogP contribution in [0.3, 0.4) is 0 Å². The zero-order chi connectivity index (χ0) is 21.9. The molecule has 0 radical (unpaired) electrons. The first-order valence-corrected chi connectivity index (χ1v) is 11.6. The van der Waals surface area contributed by atoms with Crippen molar-refractivity contribution in [1.82, 2.24) is 10.6 Å². The van der Waals surface area contributed by atoms with Crippen molar-refractivity contribution in [3.63, 3.8) is 0 Å². The van der Waals surface area contributed by atoms with Gasteiger partial charge in [-0.05, 0) is 90.5 Å². The molecule has 4 rings (SSSR count). The van der Waals surface area contributed by atoms with Crippen molar-refractivity contribution in [3.8, 4) is 11.1 Å². The van der Waals surface area contributed by atoms with Crippen molar-refractivity contribution in [2.75, 3.05) is 0 Å². The van der Waals surface area contributed by atoms with Gasteiger partial charge in [-0.3, -0.25) is 0 Å². The standard InChI is InChI=1S/C28H40N2/c1-25(2)17-23(27(5,6)29-25)21-13-9-19(10-14-21)20-11-15-22(16-12-20)24-18-26(3,4)30-28(24,7)8/h9-16,23-24,29-30H,17-18H2,1-8H3. The second kappa shape index (κ2) is 6.93. The summed E-state index contributed by atoms with van der Waals surface area (Å²) in [4.78, 5) is 0. The summed E-state index contributed by atoms with van der Waals surface area (Å²) in [6.45, 7) is 18.6. The van der Waals surface area contributed by atoms with E-state index in [1.165, 1.54) is 35.1 Å². The molecular weight excluding hydrogens is 364 g/mol. The average Bonchev–Trinajstić information content (AvgIpc) is 3.00. The molecule has 30 heavy (non-hydrogen) atoms. The van der Waals surface area contributed by atoms with Crippen LogP contribution in [-0.2, 0) is 0 Å². The molecule has 0 aliphatic carbocycles. The number of nitrogens with one attached hydrogen (secondary N) is 2. The molecule has 0 bridgehead atoms. The van der Waals surface area contributed by atoms with E-state index in [1.807, 2.05) is 0 Å². The van der Waals surface area contributed by atoms with Gasteiger partial charge in [0.15, 0.2) is 0 Å². The van der Waals surface area contributed by atoms with Crippen LogP contribution < -0.4 is 10.6 Å². The predicted molar refractivity (Wildman–Crippen MR) is 129 cm³/mol. The molecule has 2 saturated heterocycles. The smallest absolute Gasteiger partial charge is 0.0199 e. The third kappa shape index (κ3) is 4.09. The summed E-state index contributed by atoms with van der Waals surface area (Å²) >= 11 is 0. The minimum absolute atomic E-state index is 0.128. The molecule has 2 fully saturated rings. The average molecular weight is 405 g/mol. The Hall–Kier alpha value is -1.64. The summed E-state index contributed by atoms with van der Waals surface area (Å²) in [6, 6.07) is 18.6. The monoisotopic (exact) mass is 404 g/mol. The van der Waals surface area contributed by atoms with Crippen molar-refractivity contribution in [1.29, 1.82) is 0 Å². The van der Waals surface area contributed by atoms with E-state index in [-0.39, 0.29) is 22.2 Å². The Bertz CT molecular complexity index is 823. The molecule has 0 saturated carbocycles. The summed E-state index contributed by atoms with van der Waals surface area (Å²) in [7, 11) is 0. The van der Waals surface area contributed by atoms with Crippen molar-refractivity contribution in [3.05, 3.63) is 59.7 Å². The summed E-state index contributed by atoms with van der Waals surface area (Å²) in [5.41, 5.74) is 6.14. The maximum absolute atomic E-state index is 3.80. The van der Waals surface area contributed by atoms with Gasteiger partial charge in [-0.15, -0.1) is 0 Å². The third-order valence-corrected chi connectivity index (χ3v) is 7.45. The number of hydrogen-bond acceptors (Lipinski definition) is 2. The van der Waals surface area contributed by atoms with Crippen LogP contribution in [0.4, 0.5) is 0 Å². The maximum atomic E-state index is 3.80. The third-order valence-electron chi connectivity index (χ3n) is 7.45. The maximum Gasteiger partial charge on any atom is 0.0199 e. The molecule has 2 atom stereocenters. The lowest BCUT2D eigenvalue weighted by Crippen LogP contribution is -2.44. The normalized spacial score (nSPS) is 28.5. The number of hydrogen-bond donors (Lipinski definition) is 2. The van der Waals surface area contributed by atoms with Crippen LogP contribution in [0.5, 0.6) is 0 Å². The summed E-state index contributed by atoms with van der Waals surface area (Å²) in [6.07, 6.45) is 2.35. The van der Waals surface area contributed by atoms with Crippen molar-refractivity contribution < 1.29 is 0 Å². The lowest BCUT2D eigenvalue weighted by molar-refractivity contribution is 0.358. The molecule has 2 heterocycles. The summed E-state index contributed by atoms with van der Waals surface area (Å²) in [5, 5.41) is 7.61. The van der Waals surface area contributed by atoms with Crippen LogP contribution in [0.25, 0.3) is 11.1 Å². The van der Waals surface area contributed by atoms with Gasteiger partial charge in [-0.1, -0.05) is 48.5 Å². The zero-order valence-electron chi connectivity index (χ0n) is 20.2. The molecule has 2 heteroatoms. The fraction of sp³-hybridized carbons (Fsp3) is 0.571. The quantitative estimate of drug-likeness (QED) is 0.600. The molecule has 2 unspecified atom stereocenters. The van der Waals surface area contributed by atoms with E-state index in [9.17, 15) is 0 Å². The number of benzene rings is 2. The molecule has 2 aliphatic rings. The highest BCUT2D eigenvalue weighted by molar-refractivity contribution is 5.64. The highest BCUT2D eigenvalue weighted by atomic mass is 15.1. The molecule has 2 aliphatic heterocycles. The van der Waals surface area contributed by atoms with Crippen molar-refractivity contribution in [2.45, 2.75) is 102 Å². The topological polar surface area (TPSA) is 24.1 Å². The summed E-state index contributed by atoms with van der Waals surface area (Å²) < 4.78 is 0. The predicted octanol–water partition coefficient (Wildman–Crippen LogP) is 6.62. The Kier molecular flexibility index (Phi) is 4.99. The molecule has 2 aromatic rings. The Balaban J connectivity index is 1.53. The van der Waals surface area contributed by atoms with E-state index >= 15 is 0 Å². The van der Waals surface area contributed by atoms with Crippen LogP contribution >= 0.6 is 0 Å². The van der Waals surface area contributed by atoms with Gasteiger partial charge in [0.25, 0.3) is 0 Å². The van der Waals surface area contributed by atoms with Crippen LogP contribution in [-0.4, -0.2) is 22.2 Å². The molecule has 0 aromatic heterocycles. The molecule has 2 nitrogen and oxygen atoms in total. The highest BCUT2D eigenvalue weighted by Crippen LogP contribution is 2.44. The molecule has 2 aromatic carbocycles. The van der Waals surface area contributed by atoms with Crippen molar-refractivity contribution >= 4 is 0 Å². The first-order valence-electron chi connectivity index (χ1n) is 11.6. The van der Waals surface area contributed by atoms with E-state index in [1.54, 1.807) is 0 Å². The largest absolute Gasteiger partial charge is 0.306 e. The molecule has 0 amide bonds. The van der Waals surface area contributed by atoms with E-state index in [4.69, 9.17) is 0 Å². The Morgan fingerprint density at radius 1 is 0.533 bits per heavy atom. The van der Waals surface area contributed by atoms with Crippen LogP contribution in [0.2, 0.25) is 0 Å². The van der Waals surface area contributed by atoms with Gasteiger partial charge >= 0.3 is 0 Å². The SMILES string of the molecule is CC1(C)CC(c2ccc(-c3ccc(C4CC(C)(C)NC4(C)C)cc3)cc2)C(C)(C)N1.